The first-order valence-electron chi connectivity index (χ1n) is 9.90. The Bertz CT molecular complexity index is 985. The predicted molar refractivity (Wildman–Crippen MR) is 118 cm³/mol. The Morgan fingerprint density at radius 3 is 2.33 bits per heavy atom. The first-order valence-corrected chi connectivity index (χ1v) is 9.90. The van der Waals surface area contributed by atoms with E-state index < -0.39 is 0 Å². The summed E-state index contributed by atoms with van der Waals surface area (Å²) in [5.41, 5.74) is 5.38. The summed E-state index contributed by atoms with van der Waals surface area (Å²) < 4.78 is 10.2. The highest BCUT2D eigenvalue weighted by Gasteiger charge is 2.15. The number of nitriles is 2. The Morgan fingerprint density at radius 2 is 1.77 bits per heavy atom. The van der Waals surface area contributed by atoms with Crippen molar-refractivity contribution in [1.82, 2.24) is 0 Å². The average Bonchev–Trinajstić information content (AvgIpc) is 2.82. The SMILES string of the molecule is C=CC1=CCC(Cc2ccc(CC(C)(C)C)cc2)=C(OC#N)C=C1/C=C(\C)OC#N. The Labute approximate surface area is 179 Å². The molecule has 0 N–H and O–H groups in total. The van der Waals surface area contributed by atoms with E-state index in [1.54, 1.807) is 37.7 Å². The smallest absolute Gasteiger partial charge is 0.292 e. The molecule has 0 amide bonds. The molecular formula is C26H28N2O2. The number of ether oxygens (including phenoxy) is 2. The minimum atomic E-state index is 0.243. The molecule has 1 aromatic carbocycles. The van der Waals surface area contributed by atoms with Gasteiger partial charge in [0, 0.05) is 0 Å². The van der Waals surface area contributed by atoms with Crippen LogP contribution in [0.4, 0.5) is 0 Å². The molecular weight excluding hydrogens is 372 g/mol. The molecule has 0 bridgehead atoms. The van der Waals surface area contributed by atoms with Crippen LogP contribution in [-0.4, -0.2) is 0 Å². The van der Waals surface area contributed by atoms with Crippen LogP contribution in [0, 0.1) is 28.4 Å². The second kappa shape index (κ2) is 10.3. The summed E-state index contributed by atoms with van der Waals surface area (Å²) >= 11 is 0. The number of hydrogen-bond acceptors (Lipinski definition) is 4. The van der Waals surface area contributed by atoms with Crippen LogP contribution in [0.2, 0.25) is 0 Å². The standard InChI is InChI=1S/C26H28N2O2/c1-6-22-11-12-23(14-20-7-9-21(10-8-20)16-26(3,4)5)25(30-18-28)15-24(22)13-19(2)29-17-27/h6-11,13,15H,1,12,14,16H2,2-5H3/b19-13+. The van der Waals surface area contributed by atoms with Gasteiger partial charge in [0.15, 0.2) is 0 Å². The van der Waals surface area contributed by atoms with Crippen molar-refractivity contribution in [2.45, 2.75) is 47.0 Å². The second-order valence-electron chi connectivity index (χ2n) is 8.51. The van der Waals surface area contributed by atoms with E-state index >= 15 is 0 Å². The van der Waals surface area contributed by atoms with Crippen molar-refractivity contribution in [3.8, 4) is 12.5 Å². The minimum absolute atomic E-state index is 0.243. The fourth-order valence-electron chi connectivity index (χ4n) is 3.37. The summed E-state index contributed by atoms with van der Waals surface area (Å²) in [7, 11) is 0. The molecule has 0 unspecified atom stereocenters. The Kier molecular flexibility index (Phi) is 7.84. The molecule has 0 fully saturated rings. The maximum atomic E-state index is 9.16. The zero-order valence-corrected chi connectivity index (χ0v) is 18.2. The quantitative estimate of drug-likeness (QED) is 0.391. The van der Waals surface area contributed by atoms with E-state index in [0.29, 0.717) is 24.4 Å². The first-order chi connectivity index (χ1) is 14.3. The molecule has 1 aliphatic rings. The molecule has 0 aromatic heterocycles. The summed E-state index contributed by atoms with van der Waals surface area (Å²) in [5.74, 6) is 0.964. The summed E-state index contributed by atoms with van der Waals surface area (Å²) in [5, 5.41) is 17.9. The molecule has 0 radical (unpaired) electrons. The van der Waals surface area contributed by atoms with Gasteiger partial charge in [0.2, 0.25) is 0 Å². The van der Waals surface area contributed by atoms with Gasteiger partial charge in [-0.2, -0.15) is 0 Å². The lowest BCUT2D eigenvalue weighted by Gasteiger charge is -2.18. The van der Waals surface area contributed by atoms with Gasteiger partial charge in [-0.15, -0.1) is 10.5 Å². The fraction of sp³-hybridized carbons (Fsp3) is 0.308. The van der Waals surface area contributed by atoms with Crippen molar-refractivity contribution in [2.24, 2.45) is 5.41 Å². The van der Waals surface area contributed by atoms with Crippen molar-refractivity contribution in [3.63, 3.8) is 0 Å². The third-order valence-corrected chi connectivity index (χ3v) is 4.65. The number of rotatable bonds is 7. The van der Waals surface area contributed by atoms with E-state index in [1.807, 2.05) is 6.08 Å². The summed E-state index contributed by atoms with van der Waals surface area (Å²) in [6.45, 7) is 12.3. The van der Waals surface area contributed by atoms with Gasteiger partial charge in [-0.05, 0) is 71.6 Å². The average molecular weight is 401 g/mol. The summed E-state index contributed by atoms with van der Waals surface area (Å²) in [6.07, 6.45) is 13.1. The lowest BCUT2D eigenvalue weighted by molar-refractivity contribution is 0.376. The van der Waals surface area contributed by atoms with Crippen LogP contribution in [0.5, 0.6) is 0 Å². The van der Waals surface area contributed by atoms with E-state index in [1.165, 1.54) is 5.56 Å². The van der Waals surface area contributed by atoms with E-state index in [-0.39, 0.29) is 5.41 Å². The molecule has 1 aliphatic carbocycles. The number of allylic oxidation sites excluding steroid dienone is 8. The minimum Gasteiger partial charge on any atom is -0.393 e. The maximum absolute atomic E-state index is 9.16. The summed E-state index contributed by atoms with van der Waals surface area (Å²) in [4.78, 5) is 0. The molecule has 4 nitrogen and oxygen atoms in total. The van der Waals surface area contributed by atoms with Gasteiger partial charge in [0.05, 0.1) is 0 Å². The fourth-order valence-corrected chi connectivity index (χ4v) is 3.37. The second-order valence-corrected chi connectivity index (χ2v) is 8.51. The molecule has 1 aromatic rings. The van der Waals surface area contributed by atoms with Crippen molar-refractivity contribution < 1.29 is 9.47 Å². The Balaban J connectivity index is 2.37. The number of hydrogen-bond donors (Lipinski definition) is 0. The molecule has 2 rings (SSSR count). The van der Waals surface area contributed by atoms with Crippen molar-refractivity contribution >= 4 is 0 Å². The zero-order chi connectivity index (χ0) is 22.1. The Hall–Kier alpha value is -3.50. The van der Waals surface area contributed by atoms with E-state index in [4.69, 9.17) is 20.0 Å². The van der Waals surface area contributed by atoms with Crippen molar-refractivity contribution in [1.29, 1.82) is 10.5 Å². The monoisotopic (exact) mass is 400 g/mol. The molecule has 0 heterocycles. The first kappa shape index (κ1) is 22.8. The molecule has 154 valence electrons. The van der Waals surface area contributed by atoms with Gasteiger partial charge < -0.3 is 9.47 Å². The highest BCUT2D eigenvalue weighted by atomic mass is 16.5. The zero-order valence-electron chi connectivity index (χ0n) is 18.2. The molecule has 0 saturated heterocycles. The van der Waals surface area contributed by atoms with E-state index in [9.17, 15) is 0 Å². The van der Waals surface area contributed by atoms with Gasteiger partial charge >= 0.3 is 0 Å². The number of nitrogens with zero attached hydrogens (tertiary/aromatic N) is 2. The van der Waals surface area contributed by atoms with Crippen LogP contribution < -0.4 is 0 Å². The van der Waals surface area contributed by atoms with Gasteiger partial charge in [-0.25, -0.2) is 0 Å². The van der Waals surface area contributed by atoms with E-state index in [0.717, 1.165) is 28.7 Å². The van der Waals surface area contributed by atoms with Gasteiger partial charge in [-0.1, -0.05) is 63.8 Å². The molecule has 0 saturated carbocycles. The molecule has 30 heavy (non-hydrogen) atoms. The lowest BCUT2D eigenvalue weighted by atomic mass is 9.87. The third kappa shape index (κ3) is 6.83. The number of benzene rings is 1. The lowest BCUT2D eigenvalue weighted by Crippen LogP contribution is -2.09. The predicted octanol–water partition coefficient (Wildman–Crippen LogP) is 6.41. The van der Waals surface area contributed by atoms with Crippen LogP contribution in [-0.2, 0) is 22.3 Å². The van der Waals surface area contributed by atoms with Gasteiger partial charge in [0.1, 0.15) is 11.5 Å². The molecule has 0 spiro atoms. The third-order valence-electron chi connectivity index (χ3n) is 4.65. The largest absolute Gasteiger partial charge is 0.393 e. The van der Waals surface area contributed by atoms with Crippen molar-refractivity contribution in [2.75, 3.05) is 0 Å². The normalized spacial score (nSPS) is 14.7. The highest BCUT2D eigenvalue weighted by Crippen LogP contribution is 2.29. The van der Waals surface area contributed by atoms with Gasteiger partial charge in [0.25, 0.3) is 12.5 Å². The van der Waals surface area contributed by atoms with Crippen LogP contribution in [0.3, 0.4) is 0 Å². The van der Waals surface area contributed by atoms with Crippen LogP contribution in [0.15, 0.2) is 83.4 Å². The molecule has 4 heteroatoms. The van der Waals surface area contributed by atoms with Crippen LogP contribution in [0.1, 0.15) is 45.2 Å². The maximum Gasteiger partial charge on any atom is 0.292 e. The van der Waals surface area contributed by atoms with Crippen LogP contribution in [0.25, 0.3) is 0 Å². The topological polar surface area (TPSA) is 66.0 Å². The molecule has 0 aliphatic heterocycles. The highest BCUT2D eigenvalue weighted by molar-refractivity contribution is 5.52. The van der Waals surface area contributed by atoms with Crippen molar-refractivity contribution in [3.05, 3.63) is 94.5 Å². The molecule has 0 atom stereocenters. The van der Waals surface area contributed by atoms with E-state index in [2.05, 4.69) is 51.6 Å². The Morgan fingerprint density at radius 1 is 1.10 bits per heavy atom. The van der Waals surface area contributed by atoms with Crippen LogP contribution >= 0.6 is 0 Å². The summed E-state index contributed by atoms with van der Waals surface area (Å²) in [6, 6.07) is 8.60. The van der Waals surface area contributed by atoms with Gasteiger partial charge in [-0.3, -0.25) is 0 Å².